The number of amides is 1. The number of carbonyl (C=O) groups excluding carboxylic acids is 1. The summed E-state index contributed by atoms with van der Waals surface area (Å²) >= 11 is 0. The molecule has 0 radical (unpaired) electrons. The summed E-state index contributed by atoms with van der Waals surface area (Å²) in [6.45, 7) is 3.53. The number of rotatable bonds is 3. The van der Waals surface area contributed by atoms with E-state index in [1.54, 1.807) is 0 Å². The molecular weight excluding hydrogens is 222 g/mol. The quantitative estimate of drug-likeness (QED) is 0.637. The van der Waals surface area contributed by atoms with Crippen LogP contribution in [0.15, 0.2) is 55.1 Å². The molecule has 18 heavy (non-hydrogen) atoms. The van der Waals surface area contributed by atoms with E-state index in [-0.39, 0.29) is 11.9 Å². The molecule has 2 bridgehead atoms. The van der Waals surface area contributed by atoms with Crippen LogP contribution < -0.4 is 5.32 Å². The normalized spacial score (nSPS) is 32.4. The highest BCUT2D eigenvalue weighted by Gasteiger charge is 2.45. The average molecular weight is 239 g/mol. The first-order valence-corrected chi connectivity index (χ1v) is 6.46. The van der Waals surface area contributed by atoms with Gasteiger partial charge in [-0.25, -0.2) is 0 Å². The van der Waals surface area contributed by atoms with Gasteiger partial charge in [-0.15, -0.1) is 0 Å². The largest absolute Gasteiger partial charge is 0.349 e. The van der Waals surface area contributed by atoms with E-state index in [9.17, 15) is 4.79 Å². The van der Waals surface area contributed by atoms with Gasteiger partial charge in [0.15, 0.2) is 0 Å². The smallest absolute Gasteiger partial charge is 0.243 e. The lowest BCUT2D eigenvalue weighted by atomic mass is 9.83. The van der Waals surface area contributed by atoms with Crippen molar-refractivity contribution < 1.29 is 4.79 Å². The van der Waals surface area contributed by atoms with Crippen LogP contribution in [0.25, 0.3) is 0 Å². The molecule has 3 rings (SSSR count). The van der Waals surface area contributed by atoms with Crippen LogP contribution in [0.3, 0.4) is 0 Å². The Morgan fingerprint density at radius 3 is 2.67 bits per heavy atom. The summed E-state index contributed by atoms with van der Waals surface area (Å²) in [6, 6.07) is 10.7. The fraction of sp³-hybridized carbons (Fsp3) is 0.312. The van der Waals surface area contributed by atoms with Crippen LogP contribution in [0, 0.1) is 11.8 Å². The Hall–Kier alpha value is -1.83. The third-order valence-electron chi connectivity index (χ3n) is 4.14. The standard InChI is InChI=1S/C16H17NO/c1-2-14(18)17-16-13-9-8-12(10-13)15(16)11-6-4-3-5-7-11/h2-9,12-13,15-16H,1,10H2,(H,17,18)/t12-,13+,15+,16+/m1/s1. The second-order valence-corrected chi connectivity index (χ2v) is 5.12. The van der Waals surface area contributed by atoms with E-state index in [2.05, 4.69) is 48.3 Å². The summed E-state index contributed by atoms with van der Waals surface area (Å²) in [5.74, 6) is 1.38. The van der Waals surface area contributed by atoms with Crippen molar-refractivity contribution in [2.24, 2.45) is 11.8 Å². The van der Waals surface area contributed by atoms with Gasteiger partial charge in [-0.05, 0) is 29.9 Å². The zero-order chi connectivity index (χ0) is 12.5. The molecule has 0 aromatic heterocycles. The van der Waals surface area contributed by atoms with Crippen molar-refractivity contribution in [3.8, 4) is 0 Å². The molecular formula is C16H17NO. The fourth-order valence-electron chi connectivity index (χ4n) is 3.37. The molecule has 1 fully saturated rings. The van der Waals surface area contributed by atoms with E-state index in [1.165, 1.54) is 11.6 Å². The molecule has 1 amide bonds. The minimum absolute atomic E-state index is 0.0677. The first-order chi connectivity index (χ1) is 8.79. The van der Waals surface area contributed by atoms with Crippen LogP contribution >= 0.6 is 0 Å². The predicted octanol–water partition coefficient (Wildman–Crippen LogP) is 2.65. The zero-order valence-electron chi connectivity index (χ0n) is 10.3. The zero-order valence-corrected chi connectivity index (χ0v) is 10.3. The Balaban J connectivity index is 1.89. The Labute approximate surface area is 107 Å². The molecule has 2 aliphatic carbocycles. The van der Waals surface area contributed by atoms with Crippen molar-refractivity contribution in [2.45, 2.75) is 18.4 Å². The number of hydrogen-bond donors (Lipinski definition) is 1. The highest BCUT2D eigenvalue weighted by Crippen LogP contribution is 2.48. The maximum absolute atomic E-state index is 11.6. The number of allylic oxidation sites excluding steroid dienone is 1. The second-order valence-electron chi connectivity index (χ2n) is 5.12. The SMILES string of the molecule is C=CC(=O)N[C@@H]1[C@@H](c2ccccc2)[C@@H]2C=C[C@H]1C2. The number of nitrogens with one attached hydrogen (secondary N) is 1. The maximum Gasteiger partial charge on any atom is 0.243 e. The van der Waals surface area contributed by atoms with Crippen LogP contribution in [0.1, 0.15) is 17.9 Å². The molecule has 0 spiro atoms. The Morgan fingerprint density at radius 2 is 1.94 bits per heavy atom. The van der Waals surface area contributed by atoms with E-state index in [0.29, 0.717) is 17.8 Å². The van der Waals surface area contributed by atoms with Crippen molar-refractivity contribution in [2.75, 3.05) is 0 Å². The number of hydrogen-bond acceptors (Lipinski definition) is 1. The molecule has 0 aliphatic heterocycles. The lowest BCUT2D eigenvalue weighted by molar-refractivity contribution is -0.117. The molecule has 1 aromatic carbocycles. The van der Waals surface area contributed by atoms with E-state index in [0.717, 1.165) is 6.42 Å². The van der Waals surface area contributed by atoms with Gasteiger partial charge in [0.05, 0.1) is 0 Å². The number of fused-ring (bicyclic) bond motifs is 2. The molecule has 2 aliphatic rings. The molecule has 2 nitrogen and oxygen atoms in total. The lowest BCUT2D eigenvalue weighted by Gasteiger charge is -2.29. The summed E-state index contributed by atoms with van der Waals surface area (Å²) in [6.07, 6.45) is 7.07. The molecule has 4 atom stereocenters. The first kappa shape index (κ1) is 11.3. The Bertz CT molecular complexity index is 491. The Morgan fingerprint density at radius 1 is 1.22 bits per heavy atom. The van der Waals surface area contributed by atoms with Gasteiger partial charge in [-0.1, -0.05) is 49.1 Å². The van der Waals surface area contributed by atoms with Gasteiger partial charge in [-0.3, -0.25) is 4.79 Å². The third kappa shape index (κ3) is 1.78. The van der Waals surface area contributed by atoms with Gasteiger partial charge < -0.3 is 5.32 Å². The van der Waals surface area contributed by atoms with Crippen molar-refractivity contribution in [3.63, 3.8) is 0 Å². The molecule has 1 N–H and O–H groups in total. The summed E-state index contributed by atoms with van der Waals surface area (Å²) in [4.78, 5) is 11.6. The maximum atomic E-state index is 11.6. The van der Waals surface area contributed by atoms with Crippen LogP contribution in [0.4, 0.5) is 0 Å². The Kier molecular flexibility index (Phi) is 2.78. The van der Waals surface area contributed by atoms with Gasteiger partial charge in [-0.2, -0.15) is 0 Å². The molecule has 0 unspecified atom stereocenters. The van der Waals surface area contributed by atoms with Gasteiger partial charge in [0.2, 0.25) is 5.91 Å². The second kappa shape index (κ2) is 4.45. The highest BCUT2D eigenvalue weighted by molar-refractivity contribution is 5.87. The number of benzene rings is 1. The molecule has 0 saturated heterocycles. The van der Waals surface area contributed by atoms with E-state index in [4.69, 9.17) is 0 Å². The summed E-state index contributed by atoms with van der Waals surface area (Å²) in [5, 5.41) is 3.10. The first-order valence-electron chi connectivity index (χ1n) is 6.46. The van der Waals surface area contributed by atoms with Crippen molar-refractivity contribution >= 4 is 5.91 Å². The molecule has 0 heterocycles. The predicted molar refractivity (Wildman–Crippen MR) is 72.0 cm³/mol. The molecule has 1 saturated carbocycles. The minimum atomic E-state index is -0.0677. The minimum Gasteiger partial charge on any atom is -0.349 e. The molecule has 1 aromatic rings. The average Bonchev–Trinajstić information content (AvgIpc) is 3.00. The van der Waals surface area contributed by atoms with Gasteiger partial charge in [0.25, 0.3) is 0 Å². The molecule has 92 valence electrons. The van der Waals surface area contributed by atoms with Gasteiger partial charge in [0.1, 0.15) is 0 Å². The highest BCUT2D eigenvalue weighted by atomic mass is 16.1. The van der Waals surface area contributed by atoms with Crippen molar-refractivity contribution in [3.05, 3.63) is 60.7 Å². The van der Waals surface area contributed by atoms with Crippen LogP contribution in [-0.2, 0) is 4.79 Å². The van der Waals surface area contributed by atoms with Crippen LogP contribution in [0.2, 0.25) is 0 Å². The molecule has 2 heteroatoms. The summed E-state index contributed by atoms with van der Waals surface area (Å²) < 4.78 is 0. The van der Waals surface area contributed by atoms with E-state index in [1.807, 2.05) is 6.07 Å². The number of carbonyl (C=O) groups is 1. The van der Waals surface area contributed by atoms with Crippen LogP contribution in [-0.4, -0.2) is 11.9 Å². The van der Waals surface area contributed by atoms with Crippen molar-refractivity contribution in [1.29, 1.82) is 0 Å². The van der Waals surface area contributed by atoms with E-state index < -0.39 is 0 Å². The topological polar surface area (TPSA) is 29.1 Å². The van der Waals surface area contributed by atoms with Crippen molar-refractivity contribution in [1.82, 2.24) is 5.32 Å². The van der Waals surface area contributed by atoms with E-state index >= 15 is 0 Å². The monoisotopic (exact) mass is 239 g/mol. The summed E-state index contributed by atoms with van der Waals surface area (Å²) in [5.41, 5.74) is 1.32. The lowest BCUT2D eigenvalue weighted by Crippen LogP contribution is -2.41. The summed E-state index contributed by atoms with van der Waals surface area (Å²) in [7, 11) is 0. The third-order valence-corrected chi connectivity index (χ3v) is 4.14. The fourth-order valence-corrected chi connectivity index (χ4v) is 3.37. The van der Waals surface area contributed by atoms with Gasteiger partial charge in [0, 0.05) is 12.0 Å². The van der Waals surface area contributed by atoms with Crippen LogP contribution in [0.5, 0.6) is 0 Å². The van der Waals surface area contributed by atoms with Gasteiger partial charge >= 0.3 is 0 Å².